The van der Waals surface area contributed by atoms with E-state index >= 15 is 0 Å². The average Bonchev–Trinajstić information content (AvgIpc) is 2.82. The van der Waals surface area contributed by atoms with Crippen LogP contribution in [0.4, 0.5) is 0 Å². The van der Waals surface area contributed by atoms with Gasteiger partial charge in [0.25, 0.3) is 0 Å². The standard InChI is InChI=1S/C14H10ClN3O2/c15-11-4-2-1-3-9(11)7-12-16-13-8-10(14(19)20)5-6-18(13)17-12/h1-6,8H,7H2,(H,19,20). The van der Waals surface area contributed by atoms with E-state index in [0.717, 1.165) is 5.56 Å². The number of carboxylic acids is 1. The minimum absolute atomic E-state index is 0.189. The number of hydrogen-bond acceptors (Lipinski definition) is 3. The van der Waals surface area contributed by atoms with Crippen molar-refractivity contribution in [2.75, 3.05) is 0 Å². The first-order valence-corrected chi connectivity index (χ1v) is 6.33. The molecule has 2 heterocycles. The molecule has 20 heavy (non-hydrogen) atoms. The van der Waals surface area contributed by atoms with Crippen LogP contribution in [-0.4, -0.2) is 25.7 Å². The normalized spacial score (nSPS) is 10.8. The maximum absolute atomic E-state index is 10.9. The fourth-order valence-electron chi connectivity index (χ4n) is 1.95. The van der Waals surface area contributed by atoms with Gasteiger partial charge in [-0.3, -0.25) is 0 Å². The molecular formula is C14H10ClN3O2. The lowest BCUT2D eigenvalue weighted by atomic mass is 10.1. The van der Waals surface area contributed by atoms with Gasteiger partial charge < -0.3 is 5.11 Å². The molecule has 0 aliphatic rings. The Hall–Kier alpha value is -2.40. The maximum Gasteiger partial charge on any atom is 0.335 e. The van der Waals surface area contributed by atoms with Crippen LogP contribution in [0, 0.1) is 0 Å². The summed E-state index contributed by atoms with van der Waals surface area (Å²) in [6.45, 7) is 0. The Balaban J connectivity index is 1.97. The number of pyridine rings is 1. The lowest BCUT2D eigenvalue weighted by Crippen LogP contribution is -1.97. The second-order valence-corrected chi connectivity index (χ2v) is 4.73. The van der Waals surface area contributed by atoms with Gasteiger partial charge in [0.2, 0.25) is 0 Å². The fourth-order valence-corrected chi connectivity index (χ4v) is 2.15. The van der Waals surface area contributed by atoms with Crippen molar-refractivity contribution in [2.24, 2.45) is 0 Å². The maximum atomic E-state index is 10.9. The Morgan fingerprint density at radius 1 is 1.30 bits per heavy atom. The molecule has 2 aromatic heterocycles. The first-order chi connectivity index (χ1) is 9.63. The van der Waals surface area contributed by atoms with E-state index in [9.17, 15) is 4.79 Å². The van der Waals surface area contributed by atoms with Gasteiger partial charge in [-0.2, -0.15) is 5.10 Å². The monoisotopic (exact) mass is 287 g/mol. The number of halogens is 1. The van der Waals surface area contributed by atoms with Gasteiger partial charge >= 0.3 is 5.97 Å². The van der Waals surface area contributed by atoms with E-state index in [1.54, 1.807) is 10.7 Å². The predicted octanol–water partition coefficient (Wildman–Crippen LogP) is 2.67. The molecule has 6 heteroatoms. The molecular weight excluding hydrogens is 278 g/mol. The summed E-state index contributed by atoms with van der Waals surface area (Å²) in [5.74, 6) is -0.385. The number of aromatic nitrogens is 3. The van der Waals surface area contributed by atoms with Gasteiger partial charge in [-0.05, 0) is 23.8 Å². The molecule has 100 valence electrons. The lowest BCUT2D eigenvalue weighted by Gasteiger charge is -1.99. The summed E-state index contributed by atoms with van der Waals surface area (Å²) < 4.78 is 1.55. The smallest absolute Gasteiger partial charge is 0.335 e. The van der Waals surface area contributed by atoms with Crippen LogP contribution in [0.3, 0.4) is 0 Å². The van der Waals surface area contributed by atoms with Gasteiger partial charge in [0.05, 0.1) is 5.56 Å². The second-order valence-electron chi connectivity index (χ2n) is 4.32. The van der Waals surface area contributed by atoms with E-state index in [4.69, 9.17) is 16.7 Å². The highest BCUT2D eigenvalue weighted by molar-refractivity contribution is 6.31. The summed E-state index contributed by atoms with van der Waals surface area (Å²) in [5, 5.41) is 13.9. The Kier molecular flexibility index (Phi) is 3.12. The molecule has 0 bridgehead atoms. The van der Waals surface area contributed by atoms with Crippen LogP contribution in [0.2, 0.25) is 5.02 Å². The summed E-state index contributed by atoms with van der Waals surface area (Å²) in [6.07, 6.45) is 2.09. The first kappa shape index (κ1) is 12.6. The largest absolute Gasteiger partial charge is 0.478 e. The van der Waals surface area contributed by atoms with Gasteiger partial charge in [0.15, 0.2) is 11.5 Å². The zero-order valence-corrected chi connectivity index (χ0v) is 11.1. The number of hydrogen-bond donors (Lipinski definition) is 1. The third kappa shape index (κ3) is 2.35. The molecule has 5 nitrogen and oxygen atoms in total. The third-order valence-corrected chi connectivity index (χ3v) is 3.30. The van der Waals surface area contributed by atoms with Crippen molar-refractivity contribution >= 4 is 23.2 Å². The summed E-state index contributed by atoms with van der Waals surface area (Å²) in [6, 6.07) is 10.5. The zero-order chi connectivity index (χ0) is 14.1. The number of carbonyl (C=O) groups is 1. The van der Waals surface area contributed by atoms with Crippen LogP contribution in [0.1, 0.15) is 21.7 Å². The van der Waals surface area contributed by atoms with Crippen molar-refractivity contribution in [1.29, 1.82) is 0 Å². The minimum Gasteiger partial charge on any atom is -0.478 e. The predicted molar refractivity (Wildman–Crippen MR) is 74.2 cm³/mol. The Labute approximate surface area is 119 Å². The zero-order valence-electron chi connectivity index (χ0n) is 10.3. The van der Waals surface area contributed by atoms with E-state index in [1.165, 1.54) is 12.1 Å². The minimum atomic E-state index is -0.983. The molecule has 0 amide bonds. The van der Waals surface area contributed by atoms with Crippen molar-refractivity contribution in [1.82, 2.24) is 14.6 Å². The fraction of sp³-hybridized carbons (Fsp3) is 0.0714. The second kappa shape index (κ2) is 4.94. The molecule has 0 spiro atoms. The molecule has 3 aromatic rings. The van der Waals surface area contributed by atoms with Crippen LogP contribution in [0.25, 0.3) is 5.65 Å². The van der Waals surface area contributed by atoms with Crippen molar-refractivity contribution in [3.8, 4) is 0 Å². The van der Waals surface area contributed by atoms with Gasteiger partial charge in [-0.25, -0.2) is 14.3 Å². The van der Waals surface area contributed by atoms with Gasteiger partial charge in [-0.1, -0.05) is 29.8 Å². The van der Waals surface area contributed by atoms with Crippen LogP contribution in [-0.2, 0) is 6.42 Å². The number of fused-ring (bicyclic) bond motifs is 1. The number of rotatable bonds is 3. The average molecular weight is 288 g/mol. The Morgan fingerprint density at radius 3 is 2.85 bits per heavy atom. The Morgan fingerprint density at radius 2 is 2.10 bits per heavy atom. The summed E-state index contributed by atoms with van der Waals surface area (Å²) in [4.78, 5) is 15.2. The van der Waals surface area contributed by atoms with Crippen LogP contribution >= 0.6 is 11.6 Å². The highest BCUT2D eigenvalue weighted by Crippen LogP contribution is 2.18. The van der Waals surface area contributed by atoms with Crippen LogP contribution in [0.5, 0.6) is 0 Å². The van der Waals surface area contributed by atoms with Crippen molar-refractivity contribution in [2.45, 2.75) is 6.42 Å². The van der Waals surface area contributed by atoms with Crippen molar-refractivity contribution < 1.29 is 9.90 Å². The number of carboxylic acid groups (broad SMARTS) is 1. The molecule has 1 aromatic carbocycles. The summed E-state index contributed by atoms with van der Waals surface area (Å²) in [7, 11) is 0. The van der Waals surface area contributed by atoms with Crippen molar-refractivity contribution in [3.63, 3.8) is 0 Å². The molecule has 0 radical (unpaired) electrons. The highest BCUT2D eigenvalue weighted by atomic mass is 35.5. The van der Waals surface area contributed by atoms with Crippen LogP contribution in [0.15, 0.2) is 42.6 Å². The van der Waals surface area contributed by atoms with Crippen LogP contribution < -0.4 is 0 Å². The Bertz CT molecular complexity index is 798. The molecule has 0 fully saturated rings. The number of aromatic carboxylic acids is 1. The lowest BCUT2D eigenvalue weighted by molar-refractivity contribution is 0.0697. The molecule has 0 atom stereocenters. The number of benzene rings is 1. The quantitative estimate of drug-likeness (QED) is 0.804. The van der Waals surface area contributed by atoms with E-state index in [1.807, 2.05) is 24.3 Å². The first-order valence-electron chi connectivity index (χ1n) is 5.95. The SMILES string of the molecule is O=C(O)c1ccn2nc(Cc3ccccc3Cl)nc2c1. The molecule has 0 saturated carbocycles. The highest BCUT2D eigenvalue weighted by Gasteiger charge is 2.09. The van der Waals surface area contributed by atoms with Gasteiger partial charge in [-0.15, -0.1) is 0 Å². The third-order valence-electron chi connectivity index (χ3n) is 2.93. The van der Waals surface area contributed by atoms with E-state index in [-0.39, 0.29) is 5.56 Å². The van der Waals surface area contributed by atoms with E-state index < -0.39 is 5.97 Å². The molecule has 3 rings (SSSR count). The number of nitrogens with zero attached hydrogens (tertiary/aromatic N) is 3. The molecule has 1 N–H and O–H groups in total. The molecule has 0 unspecified atom stereocenters. The van der Waals surface area contributed by atoms with E-state index in [0.29, 0.717) is 22.9 Å². The topological polar surface area (TPSA) is 67.5 Å². The van der Waals surface area contributed by atoms with E-state index in [2.05, 4.69) is 10.1 Å². The molecule has 0 saturated heterocycles. The summed E-state index contributed by atoms with van der Waals surface area (Å²) >= 11 is 6.10. The molecule has 0 aliphatic heterocycles. The van der Waals surface area contributed by atoms with Crippen molar-refractivity contribution in [3.05, 3.63) is 64.6 Å². The molecule has 0 aliphatic carbocycles. The van der Waals surface area contributed by atoms with Gasteiger partial charge in [0, 0.05) is 17.6 Å². The summed E-state index contributed by atoms with van der Waals surface area (Å²) in [5.41, 5.74) is 1.63. The van der Waals surface area contributed by atoms with Gasteiger partial charge in [0.1, 0.15) is 0 Å².